The van der Waals surface area contributed by atoms with Crippen molar-refractivity contribution in [1.29, 1.82) is 0 Å². The molecule has 0 amide bonds. The van der Waals surface area contributed by atoms with Gasteiger partial charge in [-0.2, -0.15) is 0 Å². The summed E-state index contributed by atoms with van der Waals surface area (Å²) in [7, 11) is 0. The standard InChI is InChI=1S/C14H21NO2/c1-11-10-15(7-4-8-17-11)12(2)13-5-3-6-14(16)9-13/h3,5-6,9,11-12,16H,4,7-8,10H2,1-2H3. The maximum Gasteiger partial charge on any atom is 0.115 e. The molecule has 3 nitrogen and oxygen atoms in total. The van der Waals surface area contributed by atoms with Crippen molar-refractivity contribution in [2.45, 2.75) is 32.4 Å². The molecule has 1 fully saturated rings. The first-order chi connectivity index (χ1) is 8.16. The van der Waals surface area contributed by atoms with E-state index in [9.17, 15) is 5.11 Å². The fourth-order valence-electron chi connectivity index (χ4n) is 2.37. The SMILES string of the molecule is CC1CN(C(C)c2cccc(O)c2)CCCO1. The summed E-state index contributed by atoms with van der Waals surface area (Å²) in [6.45, 7) is 7.17. The van der Waals surface area contributed by atoms with Crippen LogP contribution < -0.4 is 0 Å². The number of ether oxygens (including phenoxy) is 1. The molecule has 0 aromatic heterocycles. The molecule has 2 atom stereocenters. The summed E-state index contributed by atoms with van der Waals surface area (Å²) in [5, 5.41) is 9.52. The maximum absolute atomic E-state index is 9.52. The van der Waals surface area contributed by atoms with E-state index in [1.54, 1.807) is 6.07 Å². The van der Waals surface area contributed by atoms with Crippen molar-refractivity contribution in [2.75, 3.05) is 19.7 Å². The van der Waals surface area contributed by atoms with Crippen LogP contribution in [0.4, 0.5) is 0 Å². The lowest BCUT2D eigenvalue weighted by Crippen LogP contribution is -2.32. The molecule has 1 N–H and O–H groups in total. The summed E-state index contributed by atoms with van der Waals surface area (Å²) in [6, 6.07) is 7.86. The van der Waals surface area contributed by atoms with Crippen LogP contribution >= 0.6 is 0 Å². The topological polar surface area (TPSA) is 32.7 Å². The molecule has 0 bridgehead atoms. The zero-order chi connectivity index (χ0) is 12.3. The van der Waals surface area contributed by atoms with Gasteiger partial charge in [0.25, 0.3) is 0 Å². The van der Waals surface area contributed by atoms with Gasteiger partial charge in [0, 0.05) is 25.7 Å². The second-order valence-electron chi connectivity index (χ2n) is 4.80. The molecule has 1 aliphatic heterocycles. The van der Waals surface area contributed by atoms with Crippen LogP contribution in [0.2, 0.25) is 0 Å². The van der Waals surface area contributed by atoms with E-state index in [1.807, 2.05) is 12.1 Å². The van der Waals surface area contributed by atoms with Crippen LogP contribution in [0, 0.1) is 0 Å². The molecule has 1 saturated heterocycles. The van der Waals surface area contributed by atoms with E-state index in [0.717, 1.165) is 26.1 Å². The zero-order valence-electron chi connectivity index (χ0n) is 10.6. The quantitative estimate of drug-likeness (QED) is 0.855. The molecule has 1 aromatic carbocycles. The minimum absolute atomic E-state index is 0.289. The molecule has 17 heavy (non-hydrogen) atoms. The predicted octanol–water partition coefficient (Wildman–Crippen LogP) is 2.56. The number of aromatic hydroxyl groups is 1. The Morgan fingerprint density at radius 3 is 3.06 bits per heavy atom. The second kappa shape index (κ2) is 5.52. The van der Waals surface area contributed by atoms with Crippen molar-refractivity contribution in [1.82, 2.24) is 4.90 Å². The van der Waals surface area contributed by atoms with Crippen LogP contribution in [-0.4, -0.2) is 35.8 Å². The van der Waals surface area contributed by atoms with Crippen LogP contribution in [0.15, 0.2) is 24.3 Å². The van der Waals surface area contributed by atoms with Gasteiger partial charge in [-0.25, -0.2) is 0 Å². The number of benzene rings is 1. The minimum atomic E-state index is 0.289. The highest BCUT2D eigenvalue weighted by molar-refractivity contribution is 5.29. The molecule has 0 aliphatic carbocycles. The molecule has 3 heteroatoms. The lowest BCUT2D eigenvalue weighted by molar-refractivity contribution is 0.0620. The van der Waals surface area contributed by atoms with Crippen molar-refractivity contribution in [2.24, 2.45) is 0 Å². The van der Waals surface area contributed by atoms with E-state index in [-0.39, 0.29) is 6.10 Å². The number of nitrogens with zero attached hydrogens (tertiary/aromatic N) is 1. The molecule has 1 heterocycles. The fraction of sp³-hybridized carbons (Fsp3) is 0.571. The Labute approximate surface area is 103 Å². The van der Waals surface area contributed by atoms with Gasteiger partial charge in [0.1, 0.15) is 5.75 Å². The highest BCUT2D eigenvalue weighted by atomic mass is 16.5. The monoisotopic (exact) mass is 235 g/mol. The van der Waals surface area contributed by atoms with Gasteiger partial charge in [-0.3, -0.25) is 4.90 Å². The summed E-state index contributed by atoms with van der Waals surface area (Å²) >= 11 is 0. The lowest BCUT2D eigenvalue weighted by Gasteiger charge is -2.29. The van der Waals surface area contributed by atoms with Crippen LogP contribution in [0.25, 0.3) is 0 Å². The van der Waals surface area contributed by atoms with Crippen molar-refractivity contribution in [3.05, 3.63) is 29.8 Å². The predicted molar refractivity (Wildman–Crippen MR) is 68.1 cm³/mol. The maximum atomic E-state index is 9.52. The molecular weight excluding hydrogens is 214 g/mol. The third-order valence-electron chi connectivity index (χ3n) is 3.38. The molecule has 2 unspecified atom stereocenters. The first kappa shape index (κ1) is 12.4. The number of rotatable bonds is 2. The highest BCUT2D eigenvalue weighted by Crippen LogP contribution is 2.24. The minimum Gasteiger partial charge on any atom is -0.508 e. The van der Waals surface area contributed by atoms with Crippen LogP contribution in [-0.2, 0) is 4.74 Å². The Morgan fingerprint density at radius 2 is 2.29 bits per heavy atom. The van der Waals surface area contributed by atoms with Crippen molar-refractivity contribution in [3.8, 4) is 5.75 Å². The Hall–Kier alpha value is -1.06. The number of phenolic OH excluding ortho intramolecular Hbond substituents is 1. The average molecular weight is 235 g/mol. The van der Waals surface area contributed by atoms with E-state index >= 15 is 0 Å². The van der Waals surface area contributed by atoms with Crippen LogP contribution in [0.5, 0.6) is 5.75 Å². The van der Waals surface area contributed by atoms with E-state index in [2.05, 4.69) is 24.8 Å². The normalized spacial score (nSPS) is 24.2. The van der Waals surface area contributed by atoms with E-state index in [4.69, 9.17) is 4.74 Å². The van der Waals surface area contributed by atoms with Gasteiger partial charge >= 0.3 is 0 Å². The number of phenols is 1. The van der Waals surface area contributed by atoms with Gasteiger partial charge in [-0.05, 0) is 38.0 Å². The van der Waals surface area contributed by atoms with E-state index < -0.39 is 0 Å². The summed E-state index contributed by atoms with van der Waals surface area (Å²) in [4.78, 5) is 2.42. The molecule has 0 spiro atoms. The first-order valence-corrected chi connectivity index (χ1v) is 6.31. The van der Waals surface area contributed by atoms with Gasteiger partial charge in [0.05, 0.1) is 6.10 Å². The molecular formula is C14H21NO2. The Bertz CT molecular complexity index is 367. The second-order valence-corrected chi connectivity index (χ2v) is 4.80. The smallest absolute Gasteiger partial charge is 0.115 e. The van der Waals surface area contributed by atoms with Gasteiger partial charge in [-0.1, -0.05) is 12.1 Å². The molecule has 1 aromatic rings. The van der Waals surface area contributed by atoms with E-state index in [0.29, 0.717) is 11.8 Å². The number of hydrogen-bond donors (Lipinski definition) is 1. The lowest BCUT2D eigenvalue weighted by atomic mass is 10.1. The van der Waals surface area contributed by atoms with Crippen LogP contribution in [0.1, 0.15) is 31.9 Å². The summed E-state index contributed by atoms with van der Waals surface area (Å²) < 4.78 is 5.65. The average Bonchev–Trinajstić information content (AvgIpc) is 2.53. The van der Waals surface area contributed by atoms with Crippen molar-refractivity contribution in [3.63, 3.8) is 0 Å². The van der Waals surface area contributed by atoms with Gasteiger partial charge in [0.2, 0.25) is 0 Å². The Kier molecular flexibility index (Phi) is 4.02. The molecule has 94 valence electrons. The Morgan fingerprint density at radius 1 is 1.47 bits per heavy atom. The first-order valence-electron chi connectivity index (χ1n) is 6.31. The van der Waals surface area contributed by atoms with Crippen molar-refractivity contribution >= 4 is 0 Å². The van der Waals surface area contributed by atoms with Crippen molar-refractivity contribution < 1.29 is 9.84 Å². The van der Waals surface area contributed by atoms with Gasteiger partial charge < -0.3 is 9.84 Å². The summed E-state index contributed by atoms with van der Waals surface area (Å²) in [6.07, 6.45) is 1.37. The largest absolute Gasteiger partial charge is 0.508 e. The molecule has 2 rings (SSSR count). The Balaban J connectivity index is 2.10. The van der Waals surface area contributed by atoms with Crippen LogP contribution in [0.3, 0.4) is 0 Å². The fourth-order valence-corrected chi connectivity index (χ4v) is 2.37. The third-order valence-corrected chi connectivity index (χ3v) is 3.38. The van der Waals surface area contributed by atoms with Gasteiger partial charge in [0.15, 0.2) is 0 Å². The zero-order valence-corrected chi connectivity index (χ0v) is 10.6. The third kappa shape index (κ3) is 3.20. The molecule has 0 saturated carbocycles. The van der Waals surface area contributed by atoms with E-state index in [1.165, 1.54) is 5.56 Å². The molecule has 0 radical (unpaired) electrons. The summed E-state index contributed by atoms with van der Waals surface area (Å²) in [5.41, 5.74) is 1.17. The molecule has 1 aliphatic rings. The summed E-state index contributed by atoms with van der Waals surface area (Å²) in [5.74, 6) is 0.341. The number of hydrogen-bond acceptors (Lipinski definition) is 3. The highest BCUT2D eigenvalue weighted by Gasteiger charge is 2.20. The van der Waals surface area contributed by atoms with Gasteiger partial charge in [-0.15, -0.1) is 0 Å².